The molecular formula is C17H29Cl2N3O2. The van der Waals surface area contributed by atoms with Crippen LogP contribution >= 0.6 is 24.8 Å². The van der Waals surface area contributed by atoms with E-state index < -0.39 is 0 Å². The number of nitrogens with one attached hydrogen (secondary N) is 2. The number of rotatable bonds is 8. The highest BCUT2D eigenvalue weighted by atomic mass is 35.5. The average Bonchev–Trinajstić information content (AvgIpc) is 2.53. The highest BCUT2D eigenvalue weighted by Gasteiger charge is 2.22. The minimum Gasteiger partial charge on any atom is -0.375 e. The summed E-state index contributed by atoms with van der Waals surface area (Å²) in [6.45, 7) is 5.01. The van der Waals surface area contributed by atoms with Crippen molar-refractivity contribution < 1.29 is 9.53 Å². The molecule has 1 aliphatic rings. The molecule has 1 aliphatic heterocycles. The first kappa shape index (κ1) is 23.1. The molecule has 1 unspecified atom stereocenters. The Morgan fingerprint density at radius 1 is 1.25 bits per heavy atom. The molecule has 24 heavy (non-hydrogen) atoms. The summed E-state index contributed by atoms with van der Waals surface area (Å²) >= 11 is 0. The van der Waals surface area contributed by atoms with Crippen LogP contribution in [0.25, 0.3) is 0 Å². The van der Waals surface area contributed by atoms with Crippen molar-refractivity contribution in [2.75, 3.05) is 39.8 Å². The second-order valence-electron chi connectivity index (χ2n) is 5.72. The summed E-state index contributed by atoms with van der Waals surface area (Å²) in [5, 5.41) is 6.02. The van der Waals surface area contributed by atoms with Gasteiger partial charge < -0.3 is 15.4 Å². The summed E-state index contributed by atoms with van der Waals surface area (Å²) in [7, 11) is 1.92. The molecule has 2 N–H and O–H groups in total. The van der Waals surface area contributed by atoms with Crippen molar-refractivity contribution >= 4 is 30.7 Å². The molecule has 0 radical (unpaired) electrons. The molecule has 1 fully saturated rings. The third-order valence-electron chi connectivity index (χ3n) is 3.81. The van der Waals surface area contributed by atoms with Gasteiger partial charge >= 0.3 is 0 Å². The van der Waals surface area contributed by atoms with Gasteiger partial charge in [-0.05, 0) is 25.6 Å². The van der Waals surface area contributed by atoms with E-state index in [2.05, 4.69) is 39.8 Å². The van der Waals surface area contributed by atoms with Crippen LogP contribution in [0.15, 0.2) is 30.3 Å². The number of hydrogen-bond donors (Lipinski definition) is 2. The number of amides is 1. The van der Waals surface area contributed by atoms with E-state index in [9.17, 15) is 4.79 Å². The molecule has 138 valence electrons. The number of nitrogens with zero attached hydrogens (tertiary/aromatic N) is 1. The molecule has 0 spiro atoms. The summed E-state index contributed by atoms with van der Waals surface area (Å²) in [5.41, 5.74) is 1.31. The van der Waals surface area contributed by atoms with Gasteiger partial charge in [0.2, 0.25) is 5.91 Å². The minimum atomic E-state index is 0. The summed E-state index contributed by atoms with van der Waals surface area (Å²) in [6.07, 6.45) is 1.40. The molecule has 0 bridgehead atoms. The largest absolute Gasteiger partial charge is 0.375 e. The number of ether oxygens (including phenoxy) is 1. The van der Waals surface area contributed by atoms with Crippen LogP contribution in [0.5, 0.6) is 0 Å². The second kappa shape index (κ2) is 13.4. The van der Waals surface area contributed by atoms with Gasteiger partial charge in [0.05, 0.1) is 19.1 Å². The Morgan fingerprint density at radius 2 is 2.00 bits per heavy atom. The first-order valence-corrected chi connectivity index (χ1v) is 8.07. The maximum Gasteiger partial charge on any atom is 0.222 e. The highest BCUT2D eigenvalue weighted by Crippen LogP contribution is 2.12. The molecule has 0 aromatic heterocycles. The van der Waals surface area contributed by atoms with E-state index in [-0.39, 0.29) is 36.8 Å². The predicted molar refractivity (Wildman–Crippen MR) is 102 cm³/mol. The summed E-state index contributed by atoms with van der Waals surface area (Å²) in [4.78, 5) is 14.3. The Balaban J connectivity index is 0.00000264. The molecule has 1 heterocycles. The molecule has 1 aromatic carbocycles. The maximum atomic E-state index is 11.9. The van der Waals surface area contributed by atoms with Crippen LogP contribution < -0.4 is 10.6 Å². The zero-order valence-electron chi connectivity index (χ0n) is 14.2. The topological polar surface area (TPSA) is 53.6 Å². The van der Waals surface area contributed by atoms with Crippen molar-refractivity contribution in [1.82, 2.24) is 15.5 Å². The monoisotopic (exact) mass is 377 g/mol. The SMILES string of the molecule is CNCCCNC(=O)CC1CN(Cc2ccccc2)CCO1.Cl.Cl. The summed E-state index contributed by atoms with van der Waals surface area (Å²) in [5.74, 6) is 0.0858. The molecule has 7 heteroatoms. The lowest BCUT2D eigenvalue weighted by atomic mass is 10.1. The Kier molecular flexibility index (Phi) is 13.0. The third kappa shape index (κ3) is 8.85. The van der Waals surface area contributed by atoms with Crippen LogP contribution in [0.2, 0.25) is 0 Å². The first-order chi connectivity index (χ1) is 10.8. The minimum absolute atomic E-state index is 0. The smallest absolute Gasteiger partial charge is 0.222 e. The van der Waals surface area contributed by atoms with Gasteiger partial charge in [0, 0.05) is 26.2 Å². The Hall–Kier alpha value is -0.850. The fourth-order valence-electron chi connectivity index (χ4n) is 2.66. The summed E-state index contributed by atoms with van der Waals surface area (Å²) in [6, 6.07) is 10.4. The molecule has 1 aromatic rings. The lowest BCUT2D eigenvalue weighted by Gasteiger charge is -2.32. The van der Waals surface area contributed by atoms with Gasteiger partial charge in [-0.15, -0.1) is 24.8 Å². The highest BCUT2D eigenvalue weighted by molar-refractivity contribution is 5.85. The Morgan fingerprint density at radius 3 is 2.71 bits per heavy atom. The van der Waals surface area contributed by atoms with Gasteiger partial charge in [-0.1, -0.05) is 30.3 Å². The zero-order chi connectivity index (χ0) is 15.6. The molecule has 1 saturated heterocycles. The van der Waals surface area contributed by atoms with E-state index in [1.807, 2.05) is 13.1 Å². The Labute approximate surface area is 157 Å². The number of hydrogen-bond acceptors (Lipinski definition) is 4. The molecule has 0 saturated carbocycles. The van der Waals surface area contributed by atoms with E-state index in [1.54, 1.807) is 0 Å². The van der Waals surface area contributed by atoms with Crippen LogP contribution in [0.1, 0.15) is 18.4 Å². The van der Waals surface area contributed by atoms with Gasteiger partial charge in [0.15, 0.2) is 0 Å². The molecule has 2 rings (SSSR count). The van der Waals surface area contributed by atoms with Crippen LogP contribution in [0.3, 0.4) is 0 Å². The van der Waals surface area contributed by atoms with Gasteiger partial charge in [0.1, 0.15) is 0 Å². The van der Waals surface area contributed by atoms with Gasteiger partial charge in [-0.3, -0.25) is 9.69 Å². The first-order valence-electron chi connectivity index (χ1n) is 8.07. The van der Waals surface area contributed by atoms with Gasteiger partial charge in [-0.25, -0.2) is 0 Å². The van der Waals surface area contributed by atoms with E-state index in [1.165, 1.54) is 5.56 Å². The van der Waals surface area contributed by atoms with E-state index in [0.717, 1.165) is 39.1 Å². The fourth-order valence-corrected chi connectivity index (χ4v) is 2.66. The Bertz CT molecular complexity index is 449. The van der Waals surface area contributed by atoms with Gasteiger partial charge in [-0.2, -0.15) is 0 Å². The standard InChI is InChI=1S/C17H27N3O2.2ClH/c1-18-8-5-9-19-17(21)12-16-14-20(10-11-22-16)13-15-6-3-2-4-7-15;;/h2-4,6-7,16,18H,5,8-14H2,1H3,(H,19,21);2*1H. The van der Waals surface area contributed by atoms with Crippen molar-refractivity contribution in [2.45, 2.75) is 25.5 Å². The molecule has 0 aliphatic carbocycles. The van der Waals surface area contributed by atoms with Crippen molar-refractivity contribution in [3.63, 3.8) is 0 Å². The van der Waals surface area contributed by atoms with Crippen LogP contribution in [0, 0.1) is 0 Å². The molecule has 1 atom stereocenters. The maximum absolute atomic E-state index is 11.9. The normalized spacial score (nSPS) is 17.5. The quantitative estimate of drug-likeness (QED) is 0.678. The van der Waals surface area contributed by atoms with Gasteiger partial charge in [0.25, 0.3) is 0 Å². The van der Waals surface area contributed by atoms with E-state index in [0.29, 0.717) is 13.0 Å². The summed E-state index contributed by atoms with van der Waals surface area (Å²) < 4.78 is 5.73. The predicted octanol–water partition coefficient (Wildman–Crippen LogP) is 1.85. The van der Waals surface area contributed by atoms with Crippen LogP contribution in [-0.4, -0.2) is 56.7 Å². The van der Waals surface area contributed by atoms with E-state index in [4.69, 9.17) is 4.74 Å². The molecular weight excluding hydrogens is 349 g/mol. The van der Waals surface area contributed by atoms with Crippen molar-refractivity contribution in [2.24, 2.45) is 0 Å². The number of morpholine rings is 1. The van der Waals surface area contributed by atoms with E-state index >= 15 is 0 Å². The number of halogens is 2. The van der Waals surface area contributed by atoms with Crippen molar-refractivity contribution in [3.05, 3.63) is 35.9 Å². The fraction of sp³-hybridized carbons (Fsp3) is 0.588. The number of carbonyl (C=O) groups excluding carboxylic acids is 1. The van der Waals surface area contributed by atoms with Crippen LogP contribution in [0.4, 0.5) is 0 Å². The van der Waals surface area contributed by atoms with Crippen LogP contribution in [-0.2, 0) is 16.1 Å². The zero-order valence-corrected chi connectivity index (χ0v) is 15.8. The molecule has 5 nitrogen and oxygen atoms in total. The average molecular weight is 378 g/mol. The third-order valence-corrected chi connectivity index (χ3v) is 3.81. The number of carbonyl (C=O) groups is 1. The van der Waals surface area contributed by atoms with Crippen molar-refractivity contribution in [1.29, 1.82) is 0 Å². The lowest BCUT2D eigenvalue weighted by Crippen LogP contribution is -2.44. The lowest BCUT2D eigenvalue weighted by molar-refractivity contribution is -0.126. The van der Waals surface area contributed by atoms with Crippen molar-refractivity contribution in [3.8, 4) is 0 Å². The second-order valence-corrected chi connectivity index (χ2v) is 5.72. The number of benzene rings is 1. The molecule has 1 amide bonds.